The van der Waals surface area contributed by atoms with Gasteiger partial charge in [0.15, 0.2) is 23.1 Å². The van der Waals surface area contributed by atoms with E-state index in [1.165, 1.54) is 13.2 Å². The highest BCUT2D eigenvalue weighted by Crippen LogP contribution is 2.42. The number of carboxylic acid groups (broad SMARTS) is 1. The van der Waals surface area contributed by atoms with Crippen molar-refractivity contribution in [1.29, 1.82) is 0 Å². The largest absolute Gasteiger partial charge is 0.493 e. The van der Waals surface area contributed by atoms with Gasteiger partial charge in [0.2, 0.25) is 0 Å². The van der Waals surface area contributed by atoms with E-state index in [4.69, 9.17) is 19.3 Å². The fourth-order valence-electron chi connectivity index (χ4n) is 2.12. The molecule has 1 aromatic rings. The van der Waals surface area contributed by atoms with E-state index in [0.29, 0.717) is 36.7 Å². The molecular weight excluding hydrogens is 267 g/mol. The Labute approximate surface area is 116 Å². The molecule has 0 saturated heterocycles. The first-order valence-electron chi connectivity index (χ1n) is 6.42. The highest BCUT2D eigenvalue weighted by Gasteiger charge is 2.26. The summed E-state index contributed by atoms with van der Waals surface area (Å²) in [6.07, 6.45) is 0.800. The van der Waals surface area contributed by atoms with Crippen LogP contribution < -0.4 is 14.2 Å². The van der Waals surface area contributed by atoms with Crippen molar-refractivity contribution in [3.63, 3.8) is 0 Å². The van der Waals surface area contributed by atoms with Gasteiger partial charge >= 0.3 is 5.97 Å². The summed E-state index contributed by atoms with van der Waals surface area (Å²) in [5, 5.41) is 9.03. The SMILES string of the molecule is COc1c(F)cc2c(c1CC(C)C(=O)O)OCCCO2. The Bertz CT molecular complexity index is 515. The number of methoxy groups -OCH3 is 1. The lowest BCUT2D eigenvalue weighted by Gasteiger charge is -2.18. The number of fused-ring (bicyclic) bond motifs is 1. The van der Waals surface area contributed by atoms with E-state index in [1.807, 2.05) is 0 Å². The lowest BCUT2D eigenvalue weighted by atomic mass is 9.99. The van der Waals surface area contributed by atoms with Gasteiger partial charge in [0, 0.05) is 18.1 Å². The van der Waals surface area contributed by atoms with Gasteiger partial charge < -0.3 is 19.3 Å². The number of hydrogen-bond acceptors (Lipinski definition) is 4. The summed E-state index contributed by atoms with van der Waals surface area (Å²) < 4.78 is 30.1. The molecule has 1 aliphatic heterocycles. The van der Waals surface area contributed by atoms with Crippen molar-refractivity contribution in [2.75, 3.05) is 20.3 Å². The zero-order valence-electron chi connectivity index (χ0n) is 11.4. The molecule has 0 saturated carbocycles. The predicted molar refractivity (Wildman–Crippen MR) is 69.1 cm³/mol. The van der Waals surface area contributed by atoms with Crippen molar-refractivity contribution < 1.29 is 28.5 Å². The lowest BCUT2D eigenvalue weighted by Crippen LogP contribution is -2.14. The van der Waals surface area contributed by atoms with Crippen molar-refractivity contribution in [2.24, 2.45) is 5.92 Å². The Kier molecular flexibility index (Phi) is 4.32. The first-order chi connectivity index (χ1) is 9.54. The van der Waals surface area contributed by atoms with E-state index in [2.05, 4.69) is 0 Å². The molecule has 1 atom stereocenters. The molecule has 5 nitrogen and oxygen atoms in total. The smallest absolute Gasteiger partial charge is 0.306 e. The molecule has 6 heteroatoms. The van der Waals surface area contributed by atoms with Crippen LogP contribution in [0.15, 0.2) is 6.07 Å². The molecule has 1 N–H and O–H groups in total. The number of carbonyl (C=O) groups is 1. The molecule has 1 heterocycles. The van der Waals surface area contributed by atoms with Gasteiger partial charge in [-0.3, -0.25) is 4.79 Å². The molecule has 0 amide bonds. The minimum absolute atomic E-state index is 0.0161. The third-order valence-corrected chi connectivity index (χ3v) is 3.18. The van der Waals surface area contributed by atoms with Crippen LogP contribution in [0.1, 0.15) is 18.9 Å². The fraction of sp³-hybridized carbons (Fsp3) is 0.500. The van der Waals surface area contributed by atoms with E-state index in [1.54, 1.807) is 6.92 Å². The van der Waals surface area contributed by atoms with E-state index in [0.717, 1.165) is 0 Å². The van der Waals surface area contributed by atoms with Crippen LogP contribution in [0.4, 0.5) is 4.39 Å². The second kappa shape index (κ2) is 5.98. The minimum atomic E-state index is -0.959. The summed E-state index contributed by atoms with van der Waals surface area (Å²) in [4.78, 5) is 11.0. The monoisotopic (exact) mass is 284 g/mol. The highest BCUT2D eigenvalue weighted by molar-refractivity contribution is 5.70. The quantitative estimate of drug-likeness (QED) is 0.918. The first kappa shape index (κ1) is 14.4. The Hall–Kier alpha value is -1.98. The molecule has 2 rings (SSSR count). The van der Waals surface area contributed by atoms with Crippen molar-refractivity contribution in [3.05, 3.63) is 17.4 Å². The van der Waals surface area contributed by atoms with Crippen LogP contribution in [0.5, 0.6) is 17.2 Å². The van der Waals surface area contributed by atoms with Crippen molar-refractivity contribution in [2.45, 2.75) is 19.8 Å². The number of benzene rings is 1. The summed E-state index contributed by atoms with van der Waals surface area (Å²) in [6, 6.07) is 1.22. The van der Waals surface area contributed by atoms with Gasteiger partial charge in [0.05, 0.1) is 26.2 Å². The molecule has 1 unspecified atom stereocenters. The van der Waals surface area contributed by atoms with E-state index in [9.17, 15) is 9.18 Å². The molecule has 0 fully saturated rings. The summed E-state index contributed by atoms with van der Waals surface area (Å²) in [7, 11) is 1.34. The number of hydrogen-bond donors (Lipinski definition) is 1. The lowest BCUT2D eigenvalue weighted by molar-refractivity contribution is -0.141. The van der Waals surface area contributed by atoms with E-state index in [-0.39, 0.29) is 12.2 Å². The molecule has 110 valence electrons. The summed E-state index contributed by atoms with van der Waals surface area (Å²) in [5.74, 6) is -1.52. The van der Waals surface area contributed by atoms with Crippen LogP contribution in [-0.4, -0.2) is 31.4 Å². The van der Waals surface area contributed by atoms with Crippen molar-refractivity contribution in [3.8, 4) is 17.2 Å². The maximum atomic E-state index is 14.0. The first-order valence-corrected chi connectivity index (χ1v) is 6.42. The average molecular weight is 284 g/mol. The second-order valence-electron chi connectivity index (χ2n) is 4.69. The van der Waals surface area contributed by atoms with Gasteiger partial charge in [-0.05, 0) is 6.42 Å². The summed E-state index contributed by atoms with van der Waals surface area (Å²) in [6.45, 7) is 2.43. The van der Waals surface area contributed by atoms with E-state index >= 15 is 0 Å². The number of aliphatic carboxylic acids is 1. The maximum absolute atomic E-state index is 14.0. The third kappa shape index (κ3) is 2.79. The third-order valence-electron chi connectivity index (χ3n) is 3.18. The Morgan fingerprint density at radius 1 is 1.50 bits per heavy atom. The normalized spacial score (nSPS) is 15.3. The van der Waals surface area contributed by atoms with Gasteiger partial charge in [0.25, 0.3) is 0 Å². The maximum Gasteiger partial charge on any atom is 0.306 e. The minimum Gasteiger partial charge on any atom is -0.493 e. The number of ether oxygens (including phenoxy) is 3. The van der Waals surface area contributed by atoms with Gasteiger partial charge in [-0.2, -0.15) is 0 Å². The fourth-order valence-corrected chi connectivity index (χ4v) is 2.12. The predicted octanol–water partition coefficient (Wildman–Crippen LogP) is 2.26. The van der Waals surface area contributed by atoms with Gasteiger partial charge in [-0.15, -0.1) is 0 Å². The number of rotatable bonds is 4. The zero-order valence-corrected chi connectivity index (χ0v) is 11.4. The zero-order chi connectivity index (χ0) is 14.7. The molecule has 0 radical (unpaired) electrons. The second-order valence-corrected chi connectivity index (χ2v) is 4.69. The Morgan fingerprint density at radius 3 is 2.85 bits per heavy atom. The van der Waals surface area contributed by atoms with E-state index < -0.39 is 17.7 Å². The standard InChI is InChI=1S/C14H17FO5/c1-8(14(16)17)6-9-12(18-2)10(15)7-11-13(9)20-5-3-4-19-11/h7-8H,3-6H2,1-2H3,(H,16,17). The molecule has 0 spiro atoms. The van der Waals surface area contributed by atoms with Crippen molar-refractivity contribution >= 4 is 5.97 Å². The summed E-state index contributed by atoms with van der Waals surface area (Å²) >= 11 is 0. The topological polar surface area (TPSA) is 65.0 Å². The Balaban J connectivity index is 2.49. The van der Waals surface area contributed by atoms with Crippen LogP contribution in [0, 0.1) is 11.7 Å². The van der Waals surface area contributed by atoms with Crippen LogP contribution in [0.2, 0.25) is 0 Å². The van der Waals surface area contributed by atoms with Crippen molar-refractivity contribution in [1.82, 2.24) is 0 Å². The molecular formula is C14H17FO5. The molecule has 0 aromatic heterocycles. The highest BCUT2D eigenvalue weighted by atomic mass is 19.1. The number of halogens is 1. The molecule has 1 aromatic carbocycles. The van der Waals surface area contributed by atoms with Gasteiger partial charge in [-0.1, -0.05) is 6.92 Å². The van der Waals surface area contributed by atoms with Crippen LogP contribution >= 0.6 is 0 Å². The summed E-state index contributed by atoms with van der Waals surface area (Å²) in [5.41, 5.74) is 0.402. The van der Waals surface area contributed by atoms with Gasteiger partial charge in [-0.25, -0.2) is 4.39 Å². The van der Waals surface area contributed by atoms with Crippen LogP contribution in [-0.2, 0) is 11.2 Å². The molecule has 20 heavy (non-hydrogen) atoms. The number of carboxylic acids is 1. The average Bonchev–Trinajstić information content (AvgIpc) is 2.63. The molecule has 0 bridgehead atoms. The van der Waals surface area contributed by atoms with Crippen LogP contribution in [0.25, 0.3) is 0 Å². The molecule has 0 aliphatic carbocycles. The molecule has 1 aliphatic rings. The Morgan fingerprint density at radius 2 is 2.20 bits per heavy atom. The van der Waals surface area contributed by atoms with Crippen LogP contribution in [0.3, 0.4) is 0 Å². The van der Waals surface area contributed by atoms with Gasteiger partial charge in [0.1, 0.15) is 0 Å².